The second-order valence-electron chi connectivity index (χ2n) is 5.32. The van der Waals surface area contributed by atoms with Crippen LogP contribution in [0.5, 0.6) is 0 Å². The van der Waals surface area contributed by atoms with Crippen molar-refractivity contribution in [2.75, 3.05) is 18.5 Å². The van der Waals surface area contributed by atoms with Crippen LogP contribution in [0.25, 0.3) is 0 Å². The Bertz CT molecular complexity index is 499. The minimum atomic E-state index is -0.795. The van der Waals surface area contributed by atoms with Gasteiger partial charge in [0.15, 0.2) is 0 Å². The Morgan fingerprint density at radius 3 is 2.23 bits per heavy atom. The number of nitrogens with one attached hydrogen (secondary N) is 2. The zero-order valence-electron chi connectivity index (χ0n) is 13.0. The quantitative estimate of drug-likeness (QED) is 0.675. The van der Waals surface area contributed by atoms with E-state index in [9.17, 15) is 14.0 Å². The molecule has 0 radical (unpaired) electrons. The van der Waals surface area contributed by atoms with Crippen LogP contribution in [0, 0.1) is 11.2 Å². The largest absolute Gasteiger partial charge is 0.396 e. The molecule has 0 saturated heterocycles. The second kappa shape index (κ2) is 8.48. The summed E-state index contributed by atoms with van der Waals surface area (Å²) >= 11 is 0. The van der Waals surface area contributed by atoms with E-state index in [0.29, 0.717) is 18.7 Å². The van der Waals surface area contributed by atoms with E-state index in [1.165, 1.54) is 24.3 Å². The number of carbonyl (C=O) groups excluding carboxylic acids is 2. The molecule has 0 heterocycles. The molecule has 2 amide bonds. The number of hydrogen-bond donors (Lipinski definition) is 3. The highest BCUT2D eigenvalue weighted by molar-refractivity contribution is 6.39. The number of carbonyl (C=O) groups is 2. The van der Waals surface area contributed by atoms with Crippen molar-refractivity contribution in [1.82, 2.24) is 5.32 Å². The van der Waals surface area contributed by atoms with Gasteiger partial charge in [0.05, 0.1) is 0 Å². The van der Waals surface area contributed by atoms with Gasteiger partial charge in [0.25, 0.3) is 0 Å². The first-order chi connectivity index (χ1) is 10.5. The maximum Gasteiger partial charge on any atom is 0.313 e. The number of aliphatic hydroxyl groups is 1. The molecule has 0 saturated carbocycles. The van der Waals surface area contributed by atoms with Gasteiger partial charge in [0.2, 0.25) is 0 Å². The number of benzene rings is 1. The summed E-state index contributed by atoms with van der Waals surface area (Å²) in [6.45, 7) is 4.35. The summed E-state index contributed by atoms with van der Waals surface area (Å²) in [5.74, 6) is -1.95. The molecule has 22 heavy (non-hydrogen) atoms. The van der Waals surface area contributed by atoms with Crippen molar-refractivity contribution in [3.05, 3.63) is 30.1 Å². The van der Waals surface area contributed by atoms with Crippen LogP contribution in [0.15, 0.2) is 24.3 Å². The third-order valence-electron chi connectivity index (χ3n) is 4.07. The maximum atomic E-state index is 12.8. The Labute approximate surface area is 129 Å². The Balaban J connectivity index is 2.56. The fraction of sp³-hybridized carbons (Fsp3) is 0.500. The monoisotopic (exact) mass is 310 g/mol. The topological polar surface area (TPSA) is 78.4 Å². The summed E-state index contributed by atoms with van der Waals surface area (Å²) in [6, 6.07) is 5.17. The smallest absolute Gasteiger partial charge is 0.313 e. The van der Waals surface area contributed by atoms with Gasteiger partial charge in [-0.15, -0.1) is 0 Å². The van der Waals surface area contributed by atoms with Gasteiger partial charge in [-0.2, -0.15) is 0 Å². The van der Waals surface area contributed by atoms with Crippen molar-refractivity contribution in [2.45, 2.75) is 33.1 Å². The summed E-state index contributed by atoms with van der Waals surface area (Å²) in [5, 5.41) is 14.1. The van der Waals surface area contributed by atoms with E-state index >= 15 is 0 Å². The molecule has 0 aliphatic rings. The molecule has 6 heteroatoms. The minimum Gasteiger partial charge on any atom is -0.396 e. The first-order valence-electron chi connectivity index (χ1n) is 7.42. The van der Waals surface area contributed by atoms with Crippen LogP contribution in [0.2, 0.25) is 0 Å². The van der Waals surface area contributed by atoms with Gasteiger partial charge >= 0.3 is 11.8 Å². The van der Waals surface area contributed by atoms with E-state index in [1.54, 1.807) is 0 Å². The summed E-state index contributed by atoms with van der Waals surface area (Å²) in [4.78, 5) is 23.6. The van der Waals surface area contributed by atoms with Crippen molar-refractivity contribution in [1.29, 1.82) is 0 Å². The molecule has 5 nitrogen and oxygen atoms in total. The van der Waals surface area contributed by atoms with Crippen LogP contribution >= 0.6 is 0 Å². The molecule has 3 N–H and O–H groups in total. The van der Waals surface area contributed by atoms with Crippen molar-refractivity contribution in [3.63, 3.8) is 0 Å². The van der Waals surface area contributed by atoms with Gasteiger partial charge in [-0.3, -0.25) is 9.59 Å². The Kier molecular flexibility index (Phi) is 6.98. The SMILES string of the molecule is CCC(CC)(CCO)CNC(=O)C(=O)Nc1ccc(F)cc1. The molecule has 0 spiro atoms. The Morgan fingerprint density at radius 1 is 1.14 bits per heavy atom. The molecule has 0 bridgehead atoms. The highest BCUT2D eigenvalue weighted by atomic mass is 19.1. The number of anilines is 1. The van der Waals surface area contributed by atoms with Crippen LogP contribution < -0.4 is 10.6 Å². The van der Waals surface area contributed by atoms with Crippen LogP contribution in [-0.2, 0) is 9.59 Å². The fourth-order valence-electron chi connectivity index (χ4n) is 2.25. The molecule has 0 atom stereocenters. The van der Waals surface area contributed by atoms with Crippen molar-refractivity contribution in [2.24, 2.45) is 5.41 Å². The van der Waals surface area contributed by atoms with Crippen molar-refractivity contribution < 1.29 is 19.1 Å². The van der Waals surface area contributed by atoms with E-state index < -0.39 is 17.6 Å². The standard InChI is InChI=1S/C16H23FN2O3/c1-3-16(4-2,9-10-20)11-18-14(21)15(22)19-13-7-5-12(17)6-8-13/h5-8,20H,3-4,9-11H2,1-2H3,(H,18,21)(H,19,22). The van der Waals surface area contributed by atoms with E-state index in [4.69, 9.17) is 5.11 Å². The molecule has 0 unspecified atom stereocenters. The lowest BCUT2D eigenvalue weighted by molar-refractivity contribution is -0.136. The van der Waals surface area contributed by atoms with Crippen molar-refractivity contribution in [3.8, 4) is 0 Å². The van der Waals surface area contributed by atoms with Crippen molar-refractivity contribution >= 4 is 17.5 Å². The van der Waals surface area contributed by atoms with E-state index in [1.807, 2.05) is 13.8 Å². The summed E-state index contributed by atoms with van der Waals surface area (Å²) < 4.78 is 12.8. The minimum absolute atomic E-state index is 0.0410. The lowest BCUT2D eigenvalue weighted by atomic mass is 9.79. The molecule has 122 valence electrons. The highest BCUT2D eigenvalue weighted by Crippen LogP contribution is 2.29. The lowest BCUT2D eigenvalue weighted by Gasteiger charge is -2.31. The number of aliphatic hydroxyl groups excluding tert-OH is 1. The predicted octanol–water partition coefficient (Wildman–Crippen LogP) is 2.07. The predicted molar refractivity (Wildman–Crippen MR) is 82.8 cm³/mol. The summed E-state index contributed by atoms with van der Waals surface area (Å²) in [5.41, 5.74) is 0.148. The average molecular weight is 310 g/mol. The van der Waals surface area contributed by atoms with Gasteiger partial charge in [-0.1, -0.05) is 13.8 Å². The zero-order chi connectivity index (χ0) is 16.6. The number of rotatable bonds is 7. The third kappa shape index (κ3) is 5.11. The van der Waals surface area contributed by atoms with Gasteiger partial charge in [0.1, 0.15) is 5.82 Å². The van der Waals surface area contributed by atoms with Crippen LogP contribution in [0.4, 0.5) is 10.1 Å². The zero-order valence-corrected chi connectivity index (χ0v) is 13.0. The van der Waals surface area contributed by atoms with Gasteiger partial charge in [-0.25, -0.2) is 4.39 Å². The molecule has 1 aromatic carbocycles. The number of hydrogen-bond acceptors (Lipinski definition) is 3. The first-order valence-corrected chi connectivity index (χ1v) is 7.42. The first kappa shape index (κ1) is 18.1. The Morgan fingerprint density at radius 2 is 1.73 bits per heavy atom. The van der Waals surface area contributed by atoms with Crippen LogP contribution in [0.1, 0.15) is 33.1 Å². The van der Waals surface area contributed by atoms with Crippen LogP contribution in [0.3, 0.4) is 0 Å². The van der Waals surface area contributed by atoms with E-state index in [2.05, 4.69) is 10.6 Å². The molecule has 0 aromatic heterocycles. The highest BCUT2D eigenvalue weighted by Gasteiger charge is 2.27. The van der Waals surface area contributed by atoms with Crippen LogP contribution in [-0.4, -0.2) is 30.1 Å². The third-order valence-corrected chi connectivity index (χ3v) is 4.07. The summed E-state index contributed by atoms with van der Waals surface area (Å²) in [6.07, 6.45) is 2.16. The molecular formula is C16H23FN2O3. The maximum absolute atomic E-state index is 12.8. The molecular weight excluding hydrogens is 287 g/mol. The molecule has 1 rings (SSSR count). The van der Waals surface area contributed by atoms with E-state index in [0.717, 1.165) is 12.8 Å². The van der Waals surface area contributed by atoms with Gasteiger partial charge in [0, 0.05) is 18.8 Å². The average Bonchev–Trinajstić information content (AvgIpc) is 2.53. The normalized spacial score (nSPS) is 11.1. The number of halogens is 1. The van der Waals surface area contributed by atoms with E-state index in [-0.39, 0.29) is 12.0 Å². The lowest BCUT2D eigenvalue weighted by Crippen LogP contribution is -2.42. The van der Waals surface area contributed by atoms with Gasteiger partial charge in [-0.05, 0) is 48.9 Å². The fourth-order valence-corrected chi connectivity index (χ4v) is 2.25. The summed E-state index contributed by atoms with van der Waals surface area (Å²) in [7, 11) is 0. The molecule has 1 aromatic rings. The molecule has 0 aliphatic heterocycles. The van der Waals surface area contributed by atoms with Gasteiger partial charge < -0.3 is 15.7 Å². The molecule has 0 aliphatic carbocycles. The second-order valence-corrected chi connectivity index (χ2v) is 5.32. The number of amides is 2. The Hall–Kier alpha value is -1.95. The molecule has 0 fully saturated rings.